The number of halogens is 3. The molecule has 82 valence electrons. The second-order valence-corrected chi connectivity index (χ2v) is 4.34. The molecule has 0 aliphatic rings. The van der Waals surface area contributed by atoms with E-state index in [0.717, 1.165) is 6.07 Å². The summed E-state index contributed by atoms with van der Waals surface area (Å²) in [5.74, 6) is -1.12. The number of hydrogen-bond donors (Lipinski definition) is 0. The third kappa shape index (κ3) is 2.03. The van der Waals surface area contributed by atoms with Crippen molar-refractivity contribution < 1.29 is 13.6 Å². The lowest BCUT2D eigenvalue weighted by Crippen LogP contribution is -2.03. The summed E-state index contributed by atoms with van der Waals surface area (Å²) in [5, 5.41) is 0.243. The normalized spacial score (nSPS) is 10.4. The summed E-state index contributed by atoms with van der Waals surface area (Å²) >= 11 is 8.73. The molecule has 2 aromatic rings. The van der Waals surface area contributed by atoms with Crippen LogP contribution in [-0.4, -0.2) is 5.78 Å². The molecule has 0 saturated carbocycles. The molecular formula is C11H5BrClFO2. The molecule has 0 unspecified atom stereocenters. The Morgan fingerprint density at radius 3 is 2.69 bits per heavy atom. The molecule has 0 aliphatic carbocycles. The number of carbonyl (C=O) groups excluding carboxylic acids is 1. The zero-order valence-corrected chi connectivity index (χ0v) is 10.2. The first-order valence-corrected chi connectivity index (χ1v) is 5.49. The molecule has 0 amide bonds. The van der Waals surface area contributed by atoms with Gasteiger partial charge >= 0.3 is 0 Å². The van der Waals surface area contributed by atoms with Gasteiger partial charge in [-0.2, -0.15) is 0 Å². The summed E-state index contributed by atoms with van der Waals surface area (Å²) < 4.78 is 18.9. The van der Waals surface area contributed by atoms with Crippen LogP contribution in [0.15, 0.2) is 39.4 Å². The second kappa shape index (κ2) is 4.39. The molecule has 0 atom stereocenters. The zero-order chi connectivity index (χ0) is 11.7. The Morgan fingerprint density at radius 2 is 2.12 bits per heavy atom. The summed E-state index contributed by atoms with van der Waals surface area (Å²) in [6.07, 6.45) is 1.35. The lowest BCUT2D eigenvalue weighted by atomic mass is 10.1. The Labute approximate surface area is 104 Å². The topological polar surface area (TPSA) is 30.2 Å². The molecule has 0 saturated heterocycles. The summed E-state index contributed by atoms with van der Waals surface area (Å²) in [5.41, 5.74) is -0.0694. The predicted molar refractivity (Wildman–Crippen MR) is 61.3 cm³/mol. The molecule has 0 aliphatic heterocycles. The van der Waals surface area contributed by atoms with Crippen molar-refractivity contribution in [3.63, 3.8) is 0 Å². The van der Waals surface area contributed by atoms with Crippen LogP contribution in [0, 0.1) is 5.82 Å². The lowest BCUT2D eigenvalue weighted by Gasteiger charge is -2.00. The number of hydrogen-bond acceptors (Lipinski definition) is 2. The molecule has 16 heavy (non-hydrogen) atoms. The van der Waals surface area contributed by atoms with Crippen LogP contribution in [0.5, 0.6) is 0 Å². The first-order valence-electron chi connectivity index (χ1n) is 4.32. The minimum absolute atomic E-state index is 0.0694. The van der Waals surface area contributed by atoms with Gasteiger partial charge in [0.2, 0.25) is 5.78 Å². The minimum atomic E-state index is -0.666. The Morgan fingerprint density at radius 1 is 1.38 bits per heavy atom. The van der Waals surface area contributed by atoms with E-state index in [2.05, 4.69) is 15.9 Å². The van der Waals surface area contributed by atoms with Crippen LogP contribution in [0.1, 0.15) is 16.1 Å². The number of benzene rings is 1. The zero-order valence-electron chi connectivity index (χ0n) is 7.84. The molecule has 0 N–H and O–H groups in total. The summed E-state index contributed by atoms with van der Waals surface area (Å²) in [7, 11) is 0. The van der Waals surface area contributed by atoms with Gasteiger partial charge in [0, 0.05) is 5.02 Å². The van der Waals surface area contributed by atoms with E-state index in [0.29, 0.717) is 4.47 Å². The van der Waals surface area contributed by atoms with Crippen molar-refractivity contribution in [1.29, 1.82) is 0 Å². The van der Waals surface area contributed by atoms with Crippen molar-refractivity contribution >= 4 is 33.3 Å². The fourth-order valence-corrected chi connectivity index (χ4v) is 1.79. The average molecular weight is 304 g/mol. The van der Waals surface area contributed by atoms with E-state index in [-0.39, 0.29) is 16.3 Å². The van der Waals surface area contributed by atoms with Crippen molar-refractivity contribution in [2.45, 2.75) is 0 Å². The first kappa shape index (κ1) is 11.4. The van der Waals surface area contributed by atoms with Gasteiger partial charge in [0.05, 0.1) is 16.3 Å². The first-order chi connectivity index (χ1) is 7.59. The second-order valence-electron chi connectivity index (χ2n) is 3.05. The van der Waals surface area contributed by atoms with E-state index in [1.54, 1.807) is 6.07 Å². The highest BCUT2D eigenvalue weighted by molar-refractivity contribution is 9.10. The van der Waals surface area contributed by atoms with Crippen molar-refractivity contribution in [2.24, 2.45) is 0 Å². The monoisotopic (exact) mass is 302 g/mol. The standard InChI is InChI=1S/C11H5BrClFO2/c12-8-3-4-16-11(8)10(15)7-2-1-6(13)5-9(7)14/h1-5H. The van der Waals surface area contributed by atoms with Crippen molar-refractivity contribution in [2.75, 3.05) is 0 Å². The summed E-state index contributed by atoms with van der Waals surface area (Å²) in [6.45, 7) is 0. The molecule has 0 bridgehead atoms. The van der Waals surface area contributed by atoms with Crippen molar-refractivity contribution in [1.82, 2.24) is 0 Å². The molecule has 2 rings (SSSR count). The third-order valence-electron chi connectivity index (χ3n) is 2.00. The van der Waals surface area contributed by atoms with Gasteiger partial charge in [-0.15, -0.1) is 0 Å². The smallest absolute Gasteiger partial charge is 0.232 e. The molecule has 1 aromatic heterocycles. The van der Waals surface area contributed by atoms with Gasteiger partial charge in [-0.05, 0) is 40.2 Å². The quantitative estimate of drug-likeness (QED) is 0.783. The third-order valence-corrected chi connectivity index (χ3v) is 2.86. The van der Waals surface area contributed by atoms with Crippen LogP contribution < -0.4 is 0 Å². The minimum Gasteiger partial charge on any atom is -0.460 e. The average Bonchev–Trinajstić information content (AvgIpc) is 2.63. The van der Waals surface area contributed by atoms with E-state index in [4.69, 9.17) is 16.0 Å². The van der Waals surface area contributed by atoms with Gasteiger partial charge < -0.3 is 4.42 Å². The fourth-order valence-electron chi connectivity index (χ4n) is 1.25. The molecule has 1 heterocycles. The predicted octanol–water partition coefficient (Wildman–Crippen LogP) is 4.07. The molecule has 5 heteroatoms. The molecule has 0 spiro atoms. The molecule has 0 fully saturated rings. The van der Waals surface area contributed by atoms with E-state index in [1.165, 1.54) is 18.4 Å². The summed E-state index contributed by atoms with van der Waals surface area (Å²) in [4.78, 5) is 11.9. The molecule has 1 aromatic carbocycles. The number of rotatable bonds is 2. The van der Waals surface area contributed by atoms with Gasteiger partial charge in [0.1, 0.15) is 5.82 Å². The fraction of sp³-hybridized carbons (Fsp3) is 0. The van der Waals surface area contributed by atoms with Crippen molar-refractivity contribution in [3.05, 3.63) is 57.2 Å². The Bertz CT molecular complexity index is 551. The number of ketones is 1. The van der Waals surface area contributed by atoms with Gasteiger partial charge in [-0.3, -0.25) is 4.79 Å². The van der Waals surface area contributed by atoms with E-state index in [9.17, 15) is 9.18 Å². The number of furan rings is 1. The van der Waals surface area contributed by atoms with Crippen LogP contribution in [0.25, 0.3) is 0 Å². The summed E-state index contributed by atoms with van der Waals surface area (Å²) in [6, 6.07) is 5.44. The molecular weight excluding hydrogens is 298 g/mol. The van der Waals surface area contributed by atoms with Crippen LogP contribution in [0.3, 0.4) is 0 Å². The Hall–Kier alpha value is -1.13. The van der Waals surface area contributed by atoms with Crippen molar-refractivity contribution in [3.8, 4) is 0 Å². The van der Waals surface area contributed by atoms with Crippen LogP contribution >= 0.6 is 27.5 Å². The van der Waals surface area contributed by atoms with Crippen LogP contribution in [0.4, 0.5) is 4.39 Å². The maximum absolute atomic E-state index is 13.5. The maximum atomic E-state index is 13.5. The highest BCUT2D eigenvalue weighted by Crippen LogP contribution is 2.23. The van der Waals surface area contributed by atoms with Gasteiger partial charge in [-0.25, -0.2) is 4.39 Å². The van der Waals surface area contributed by atoms with E-state index in [1.807, 2.05) is 0 Å². The Balaban J connectivity index is 2.46. The molecule has 0 radical (unpaired) electrons. The Kier molecular flexibility index (Phi) is 3.12. The molecule has 2 nitrogen and oxygen atoms in total. The SMILES string of the molecule is O=C(c1ccc(Cl)cc1F)c1occc1Br. The van der Waals surface area contributed by atoms with Gasteiger partial charge in [-0.1, -0.05) is 11.6 Å². The highest BCUT2D eigenvalue weighted by Gasteiger charge is 2.19. The highest BCUT2D eigenvalue weighted by atomic mass is 79.9. The van der Waals surface area contributed by atoms with E-state index >= 15 is 0 Å². The van der Waals surface area contributed by atoms with Crippen LogP contribution in [0.2, 0.25) is 5.02 Å². The maximum Gasteiger partial charge on any atom is 0.232 e. The van der Waals surface area contributed by atoms with Gasteiger partial charge in [0.25, 0.3) is 0 Å². The lowest BCUT2D eigenvalue weighted by molar-refractivity contribution is 0.100. The van der Waals surface area contributed by atoms with E-state index < -0.39 is 11.6 Å². The largest absolute Gasteiger partial charge is 0.460 e. The van der Waals surface area contributed by atoms with Gasteiger partial charge in [0.15, 0.2) is 5.76 Å². The number of carbonyl (C=O) groups is 1. The van der Waals surface area contributed by atoms with Crippen LogP contribution in [-0.2, 0) is 0 Å².